The lowest BCUT2D eigenvalue weighted by atomic mass is 9.83. The molecule has 1 unspecified atom stereocenters. The summed E-state index contributed by atoms with van der Waals surface area (Å²) < 4.78 is 1.95. The molecule has 4 nitrogen and oxygen atoms in total. The summed E-state index contributed by atoms with van der Waals surface area (Å²) >= 11 is 0. The van der Waals surface area contributed by atoms with Gasteiger partial charge in [-0.25, -0.2) is 0 Å². The van der Waals surface area contributed by atoms with Crippen LogP contribution >= 0.6 is 0 Å². The Kier molecular flexibility index (Phi) is 3.61. The molecule has 1 heterocycles. The Labute approximate surface area is 97.2 Å². The molecule has 2 rings (SSSR count). The molecule has 1 fully saturated rings. The molecule has 0 amide bonds. The van der Waals surface area contributed by atoms with E-state index in [0.717, 1.165) is 5.69 Å². The van der Waals surface area contributed by atoms with Crippen molar-refractivity contribution in [1.29, 1.82) is 0 Å². The molecule has 1 aromatic heterocycles. The lowest BCUT2D eigenvalue weighted by molar-refractivity contribution is 0.265. The van der Waals surface area contributed by atoms with Crippen LogP contribution in [0.4, 0.5) is 0 Å². The Balaban J connectivity index is 2.17. The average molecular weight is 222 g/mol. The monoisotopic (exact) mass is 222 g/mol. The highest BCUT2D eigenvalue weighted by Gasteiger charge is 2.26. The molecule has 0 spiro atoms. The van der Waals surface area contributed by atoms with E-state index in [0.29, 0.717) is 5.92 Å². The largest absolute Gasteiger partial charge is 0.271 e. The Bertz CT molecular complexity index is 339. The molecule has 16 heavy (non-hydrogen) atoms. The zero-order valence-corrected chi connectivity index (χ0v) is 10.2. The average Bonchev–Trinajstić information content (AvgIpc) is 2.61. The second-order valence-electron chi connectivity index (χ2n) is 4.88. The Morgan fingerprint density at radius 1 is 1.44 bits per heavy atom. The summed E-state index contributed by atoms with van der Waals surface area (Å²) in [7, 11) is 2.00. The first-order chi connectivity index (χ1) is 7.72. The van der Waals surface area contributed by atoms with Crippen molar-refractivity contribution in [3.63, 3.8) is 0 Å². The van der Waals surface area contributed by atoms with E-state index in [-0.39, 0.29) is 6.04 Å². The third-order valence-corrected chi connectivity index (χ3v) is 3.66. The van der Waals surface area contributed by atoms with Crippen LogP contribution in [0, 0.1) is 12.8 Å². The number of hydrogen-bond acceptors (Lipinski definition) is 3. The third kappa shape index (κ3) is 2.28. The van der Waals surface area contributed by atoms with Gasteiger partial charge in [0.25, 0.3) is 0 Å². The highest BCUT2D eigenvalue weighted by Crippen LogP contribution is 2.33. The molecule has 0 aliphatic heterocycles. The van der Waals surface area contributed by atoms with Gasteiger partial charge in [-0.3, -0.25) is 16.0 Å². The van der Waals surface area contributed by atoms with Gasteiger partial charge >= 0.3 is 0 Å². The SMILES string of the molecule is Cc1cc(C(NN)C2CCCCC2)n(C)n1. The zero-order chi connectivity index (χ0) is 11.5. The van der Waals surface area contributed by atoms with Crippen LogP contribution in [0.2, 0.25) is 0 Å². The van der Waals surface area contributed by atoms with E-state index in [1.165, 1.54) is 37.8 Å². The van der Waals surface area contributed by atoms with Crippen LogP contribution in [-0.4, -0.2) is 9.78 Å². The fourth-order valence-electron chi connectivity index (χ4n) is 2.85. The predicted molar refractivity (Wildman–Crippen MR) is 64.6 cm³/mol. The molecule has 1 aliphatic carbocycles. The van der Waals surface area contributed by atoms with E-state index in [4.69, 9.17) is 5.84 Å². The first-order valence-corrected chi connectivity index (χ1v) is 6.19. The van der Waals surface area contributed by atoms with Crippen LogP contribution in [0.25, 0.3) is 0 Å². The number of nitrogens with two attached hydrogens (primary N) is 1. The fraction of sp³-hybridized carbons (Fsp3) is 0.750. The Hall–Kier alpha value is -0.870. The summed E-state index contributed by atoms with van der Waals surface area (Å²) in [6.45, 7) is 2.03. The van der Waals surface area contributed by atoms with E-state index in [2.05, 4.69) is 16.6 Å². The number of hydrazine groups is 1. The molecule has 0 aromatic carbocycles. The first-order valence-electron chi connectivity index (χ1n) is 6.19. The summed E-state index contributed by atoms with van der Waals surface area (Å²) in [5.41, 5.74) is 5.26. The van der Waals surface area contributed by atoms with Crippen molar-refractivity contribution in [2.45, 2.75) is 45.1 Å². The van der Waals surface area contributed by atoms with Gasteiger partial charge < -0.3 is 0 Å². The molecule has 1 saturated carbocycles. The number of nitrogens with one attached hydrogen (secondary N) is 1. The molecule has 90 valence electrons. The number of aryl methyl sites for hydroxylation is 2. The molecule has 4 heteroatoms. The highest BCUT2D eigenvalue weighted by molar-refractivity contribution is 5.14. The van der Waals surface area contributed by atoms with E-state index in [9.17, 15) is 0 Å². The zero-order valence-electron chi connectivity index (χ0n) is 10.2. The number of nitrogens with zero attached hydrogens (tertiary/aromatic N) is 2. The summed E-state index contributed by atoms with van der Waals surface area (Å²) in [4.78, 5) is 0. The van der Waals surface area contributed by atoms with E-state index in [1.807, 2.05) is 18.7 Å². The van der Waals surface area contributed by atoms with E-state index < -0.39 is 0 Å². The van der Waals surface area contributed by atoms with Gasteiger partial charge in [0.15, 0.2) is 0 Å². The maximum Gasteiger partial charge on any atom is 0.0657 e. The lowest BCUT2D eigenvalue weighted by Gasteiger charge is -2.29. The van der Waals surface area contributed by atoms with Crippen LogP contribution in [0.5, 0.6) is 0 Å². The minimum atomic E-state index is 0.256. The van der Waals surface area contributed by atoms with Crippen molar-refractivity contribution < 1.29 is 0 Å². The second-order valence-corrected chi connectivity index (χ2v) is 4.88. The normalized spacial score (nSPS) is 19.9. The molecular formula is C12H22N4. The van der Waals surface area contributed by atoms with Crippen molar-refractivity contribution in [3.05, 3.63) is 17.5 Å². The van der Waals surface area contributed by atoms with Gasteiger partial charge in [0.2, 0.25) is 0 Å². The van der Waals surface area contributed by atoms with Gasteiger partial charge in [-0.15, -0.1) is 0 Å². The predicted octanol–water partition coefficient (Wildman–Crippen LogP) is 1.81. The Morgan fingerprint density at radius 2 is 2.12 bits per heavy atom. The van der Waals surface area contributed by atoms with Crippen LogP contribution in [0.3, 0.4) is 0 Å². The van der Waals surface area contributed by atoms with Crippen LogP contribution in [0.1, 0.15) is 49.5 Å². The van der Waals surface area contributed by atoms with Gasteiger partial charge in [0.1, 0.15) is 0 Å². The number of hydrogen-bond donors (Lipinski definition) is 2. The molecule has 0 radical (unpaired) electrons. The van der Waals surface area contributed by atoms with E-state index >= 15 is 0 Å². The van der Waals surface area contributed by atoms with Crippen molar-refractivity contribution >= 4 is 0 Å². The summed E-state index contributed by atoms with van der Waals surface area (Å²) in [5, 5.41) is 4.40. The second kappa shape index (κ2) is 4.97. The van der Waals surface area contributed by atoms with Crippen LogP contribution in [0.15, 0.2) is 6.07 Å². The summed E-state index contributed by atoms with van der Waals surface area (Å²) in [6, 6.07) is 2.39. The quantitative estimate of drug-likeness (QED) is 0.606. The molecule has 1 aliphatic rings. The van der Waals surface area contributed by atoms with Gasteiger partial charge in [0.05, 0.1) is 17.4 Å². The topological polar surface area (TPSA) is 55.9 Å². The molecule has 1 atom stereocenters. The third-order valence-electron chi connectivity index (χ3n) is 3.66. The number of aromatic nitrogens is 2. The van der Waals surface area contributed by atoms with Crippen molar-refractivity contribution in [2.24, 2.45) is 18.8 Å². The molecule has 0 bridgehead atoms. The van der Waals surface area contributed by atoms with Crippen LogP contribution in [-0.2, 0) is 7.05 Å². The van der Waals surface area contributed by atoms with Gasteiger partial charge in [0, 0.05) is 7.05 Å². The van der Waals surface area contributed by atoms with Crippen molar-refractivity contribution in [3.8, 4) is 0 Å². The molecular weight excluding hydrogens is 200 g/mol. The number of rotatable bonds is 3. The smallest absolute Gasteiger partial charge is 0.0657 e. The molecule has 0 saturated heterocycles. The lowest BCUT2D eigenvalue weighted by Crippen LogP contribution is -2.35. The minimum Gasteiger partial charge on any atom is -0.271 e. The highest BCUT2D eigenvalue weighted by atomic mass is 15.3. The van der Waals surface area contributed by atoms with E-state index in [1.54, 1.807) is 0 Å². The molecule has 3 N–H and O–H groups in total. The molecule has 1 aromatic rings. The maximum atomic E-state index is 5.72. The van der Waals surface area contributed by atoms with Gasteiger partial charge in [-0.1, -0.05) is 19.3 Å². The van der Waals surface area contributed by atoms with Crippen LogP contribution < -0.4 is 11.3 Å². The summed E-state index contributed by atoms with van der Waals surface area (Å²) in [6.07, 6.45) is 6.59. The maximum absolute atomic E-state index is 5.72. The first kappa shape index (κ1) is 11.6. The van der Waals surface area contributed by atoms with Gasteiger partial charge in [-0.2, -0.15) is 5.10 Å². The standard InChI is InChI=1S/C12H22N4/c1-9-8-11(16(2)15-9)12(14-13)10-6-4-3-5-7-10/h8,10,12,14H,3-7,13H2,1-2H3. The Morgan fingerprint density at radius 3 is 2.62 bits per heavy atom. The minimum absolute atomic E-state index is 0.256. The van der Waals surface area contributed by atoms with Crippen molar-refractivity contribution in [1.82, 2.24) is 15.2 Å². The summed E-state index contributed by atoms with van der Waals surface area (Å²) in [5.74, 6) is 6.38. The van der Waals surface area contributed by atoms with Crippen molar-refractivity contribution in [2.75, 3.05) is 0 Å². The van der Waals surface area contributed by atoms with Gasteiger partial charge in [-0.05, 0) is 31.7 Å². The fourth-order valence-corrected chi connectivity index (χ4v) is 2.85.